The molecule has 0 saturated heterocycles. The number of hydrogen-bond acceptors (Lipinski definition) is 6. The van der Waals surface area contributed by atoms with E-state index >= 15 is 0 Å². The van der Waals surface area contributed by atoms with Crippen molar-refractivity contribution in [3.8, 4) is 0 Å². The average Bonchev–Trinajstić information content (AvgIpc) is 3.18. The number of carbonyl (C=O) groups excluding carboxylic acids is 1. The number of tetrazole rings is 1. The molecule has 0 aliphatic carbocycles. The largest absolute Gasteiger partial charge is 0.459 e. The van der Waals surface area contributed by atoms with Crippen molar-refractivity contribution in [3.63, 3.8) is 0 Å². The molecule has 2 aromatic heterocycles. The van der Waals surface area contributed by atoms with Gasteiger partial charge in [-0.25, -0.2) is 4.68 Å². The Morgan fingerprint density at radius 1 is 1.32 bits per heavy atom. The molecule has 132 valence electrons. The van der Waals surface area contributed by atoms with E-state index in [0.29, 0.717) is 11.1 Å². The fourth-order valence-corrected chi connectivity index (χ4v) is 3.16. The van der Waals surface area contributed by atoms with Gasteiger partial charge < -0.3 is 9.73 Å². The fourth-order valence-electron chi connectivity index (χ4n) is 2.46. The Balaban J connectivity index is 1.56. The molecular weight excluding hydrogens is 338 g/mol. The van der Waals surface area contributed by atoms with Crippen molar-refractivity contribution in [3.05, 3.63) is 36.1 Å². The highest BCUT2D eigenvalue weighted by Crippen LogP contribution is 2.23. The normalized spacial score (nSPS) is 12.6. The molecule has 8 heteroatoms. The Labute approximate surface area is 150 Å². The molecule has 1 aromatic carbocycles. The van der Waals surface area contributed by atoms with E-state index in [1.807, 2.05) is 37.3 Å². The van der Waals surface area contributed by atoms with Crippen LogP contribution in [-0.4, -0.2) is 31.9 Å². The number of nitrogens with one attached hydrogen (secondary N) is 1. The van der Waals surface area contributed by atoms with Crippen LogP contribution in [0.15, 0.2) is 39.9 Å². The molecule has 0 radical (unpaired) electrons. The summed E-state index contributed by atoms with van der Waals surface area (Å²) >= 11 is 1.33. The van der Waals surface area contributed by atoms with Crippen LogP contribution < -0.4 is 5.32 Å². The van der Waals surface area contributed by atoms with Crippen molar-refractivity contribution in [2.45, 2.75) is 38.5 Å². The van der Waals surface area contributed by atoms with E-state index in [0.717, 1.165) is 23.3 Å². The molecule has 0 saturated carbocycles. The molecule has 1 amide bonds. The molecule has 0 spiro atoms. The molecule has 3 aromatic rings. The molecule has 1 N–H and O–H groups in total. The van der Waals surface area contributed by atoms with Crippen molar-refractivity contribution < 1.29 is 9.21 Å². The number of thioether (sulfide) groups is 1. The minimum Gasteiger partial charge on any atom is -0.459 e. The van der Waals surface area contributed by atoms with Crippen molar-refractivity contribution in [2.24, 2.45) is 5.92 Å². The zero-order valence-electron chi connectivity index (χ0n) is 14.5. The number of benzene rings is 1. The third-order valence-corrected chi connectivity index (χ3v) is 4.58. The average molecular weight is 359 g/mol. The number of nitrogens with zero attached hydrogens (tertiary/aromatic N) is 4. The first-order chi connectivity index (χ1) is 12.0. The number of carbonyl (C=O) groups is 1. The third-order valence-electron chi connectivity index (χ3n) is 3.62. The monoisotopic (exact) mass is 359 g/mol. The first kappa shape index (κ1) is 17.5. The van der Waals surface area contributed by atoms with Crippen molar-refractivity contribution >= 4 is 28.6 Å². The summed E-state index contributed by atoms with van der Waals surface area (Å²) in [5.74, 6) is 1.34. The Hall–Kier alpha value is -2.35. The van der Waals surface area contributed by atoms with Gasteiger partial charge in [-0.15, -0.1) is 5.10 Å². The van der Waals surface area contributed by atoms with Crippen LogP contribution in [0.2, 0.25) is 0 Å². The molecule has 0 aliphatic rings. The van der Waals surface area contributed by atoms with Crippen LogP contribution in [0.25, 0.3) is 11.0 Å². The molecule has 2 heterocycles. The van der Waals surface area contributed by atoms with Crippen LogP contribution in [0.1, 0.15) is 32.6 Å². The number of amides is 1. The maximum Gasteiger partial charge on any atom is 0.231 e. The summed E-state index contributed by atoms with van der Waals surface area (Å²) in [7, 11) is 0. The Morgan fingerprint density at radius 2 is 2.12 bits per heavy atom. The topological polar surface area (TPSA) is 85.8 Å². The van der Waals surface area contributed by atoms with Crippen molar-refractivity contribution in [1.82, 2.24) is 25.5 Å². The molecule has 7 nitrogen and oxygen atoms in total. The molecule has 3 rings (SSSR count). The van der Waals surface area contributed by atoms with Crippen LogP contribution in [0.5, 0.6) is 0 Å². The Morgan fingerprint density at radius 3 is 2.88 bits per heavy atom. The number of para-hydroxylation sites is 1. The molecule has 0 bridgehead atoms. The van der Waals surface area contributed by atoms with Gasteiger partial charge in [-0.3, -0.25) is 4.79 Å². The second-order valence-corrected chi connectivity index (χ2v) is 7.24. The smallest absolute Gasteiger partial charge is 0.231 e. The van der Waals surface area contributed by atoms with E-state index in [2.05, 4.69) is 34.7 Å². The van der Waals surface area contributed by atoms with Gasteiger partial charge in [-0.1, -0.05) is 43.8 Å². The van der Waals surface area contributed by atoms with E-state index in [1.165, 1.54) is 11.8 Å². The molecule has 0 unspecified atom stereocenters. The molecule has 25 heavy (non-hydrogen) atoms. The summed E-state index contributed by atoms with van der Waals surface area (Å²) in [6.07, 6.45) is 0. The lowest BCUT2D eigenvalue weighted by Crippen LogP contribution is -2.28. The van der Waals surface area contributed by atoms with Gasteiger partial charge in [0.2, 0.25) is 11.1 Å². The molecule has 0 aliphatic heterocycles. The Bertz CT molecular complexity index is 824. The van der Waals surface area contributed by atoms with Gasteiger partial charge in [0.1, 0.15) is 11.3 Å². The third kappa shape index (κ3) is 4.39. The van der Waals surface area contributed by atoms with E-state index < -0.39 is 0 Å². The molecule has 0 fully saturated rings. The van der Waals surface area contributed by atoms with Gasteiger partial charge in [-0.2, -0.15) is 0 Å². The molecular formula is C17H21N5O2S. The highest BCUT2D eigenvalue weighted by Gasteiger charge is 2.16. The standard InChI is InChI=1S/C17H21N5O2S/c1-11(2)9-22-17(19-20-21-22)25-10-16(23)18-12(3)15-8-13-6-4-5-7-14(13)24-15/h4-8,11-12H,9-10H2,1-3H3,(H,18,23)/t12-/m0/s1. The summed E-state index contributed by atoms with van der Waals surface area (Å²) in [5.41, 5.74) is 0.820. The number of rotatable bonds is 7. The van der Waals surface area contributed by atoms with Crippen molar-refractivity contribution in [2.75, 3.05) is 5.75 Å². The number of hydrogen-bond donors (Lipinski definition) is 1. The van der Waals surface area contributed by atoms with E-state index in [1.54, 1.807) is 4.68 Å². The van der Waals surface area contributed by atoms with Crippen LogP contribution in [0.4, 0.5) is 0 Å². The maximum absolute atomic E-state index is 12.2. The second-order valence-electron chi connectivity index (χ2n) is 6.30. The zero-order chi connectivity index (χ0) is 17.8. The summed E-state index contributed by atoms with van der Waals surface area (Å²) in [6, 6.07) is 9.54. The van der Waals surface area contributed by atoms with Gasteiger partial charge in [0.05, 0.1) is 11.8 Å². The summed E-state index contributed by atoms with van der Waals surface area (Å²) in [4.78, 5) is 12.2. The Kier molecular flexibility index (Phi) is 5.37. The number of furan rings is 1. The molecule has 1 atom stereocenters. The van der Waals surface area contributed by atoms with Crippen LogP contribution in [-0.2, 0) is 11.3 Å². The SMILES string of the molecule is CC(C)Cn1nnnc1SCC(=O)N[C@@H](C)c1cc2ccccc2o1. The van der Waals surface area contributed by atoms with Gasteiger partial charge in [0.15, 0.2) is 0 Å². The lowest BCUT2D eigenvalue weighted by atomic mass is 10.2. The summed E-state index contributed by atoms with van der Waals surface area (Å²) in [5, 5.41) is 16.2. The van der Waals surface area contributed by atoms with Gasteiger partial charge in [0.25, 0.3) is 0 Å². The first-order valence-electron chi connectivity index (χ1n) is 8.19. The van der Waals surface area contributed by atoms with Crippen LogP contribution >= 0.6 is 11.8 Å². The summed E-state index contributed by atoms with van der Waals surface area (Å²) in [6.45, 7) is 6.82. The maximum atomic E-state index is 12.2. The van der Waals surface area contributed by atoms with Crippen LogP contribution in [0.3, 0.4) is 0 Å². The number of fused-ring (bicyclic) bond motifs is 1. The fraction of sp³-hybridized carbons (Fsp3) is 0.412. The van der Waals surface area contributed by atoms with Crippen LogP contribution in [0, 0.1) is 5.92 Å². The van der Waals surface area contributed by atoms with E-state index in [9.17, 15) is 4.79 Å². The van der Waals surface area contributed by atoms with Gasteiger partial charge in [0, 0.05) is 11.9 Å². The first-order valence-corrected chi connectivity index (χ1v) is 9.18. The van der Waals surface area contributed by atoms with Gasteiger partial charge in [-0.05, 0) is 35.4 Å². The number of aromatic nitrogens is 4. The van der Waals surface area contributed by atoms with Gasteiger partial charge >= 0.3 is 0 Å². The second kappa shape index (κ2) is 7.69. The minimum absolute atomic E-state index is 0.0861. The predicted molar refractivity (Wildman–Crippen MR) is 96.2 cm³/mol. The predicted octanol–water partition coefficient (Wildman–Crippen LogP) is 3.04. The quantitative estimate of drug-likeness (QED) is 0.653. The lowest BCUT2D eigenvalue weighted by Gasteiger charge is -2.11. The lowest BCUT2D eigenvalue weighted by molar-refractivity contribution is -0.119. The highest BCUT2D eigenvalue weighted by molar-refractivity contribution is 7.99. The highest BCUT2D eigenvalue weighted by atomic mass is 32.2. The summed E-state index contributed by atoms with van der Waals surface area (Å²) < 4.78 is 7.51. The van der Waals surface area contributed by atoms with E-state index in [4.69, 9.17) is 4.42 Å². The van der Waals surface area contributed by atoms with Crippen molar-refractivity contribution in [1.29, 1.82) is 0 Å². The van der Waals surface area contributed by atoms with E-state index in [-0.39, 0.29) is 17.7 Å². The minimum atomic E-state index is -0.202. The zero-order valence-corrected chi connectivity index (χ0v) is 15.3.